The molecule has 0 bridgehead atoms. The third kappa shape index (κ3) is 6.17. The van der Waals surface area contributed by atoms with Gasteiger partial charge in [0.25, 0.3) is 5.91 Å². The molecule has 4 N–H and O–H groups in total. The van der Waals surface area contributed by atoms with Gasteiger partial charge in [-0.25, -0.2) is 9.48 Å². The highest BCUT2D eigenvalue weighted by atomic mass is 35.5. The van der Waals surface area contributed by atoms with Crippen LogP contribution in [0.25, 0.3) is 5.69 Å². The molecular formula is C18H21ClF3N5O3. The molecule has 0 saturated heterocycles. The Morgan fingerprint density at radius 3 is 2.50 bits per heavy atom. The number of amides is 1. The lowest BCUT2D eigenvalue weighted by atomic mass is 9.75. The Labute approximate surface area is 175 Å². The van der Waals surface area contributed by atoms with E-state index in [0.717, 1.165) is 24.9 Å². The molecule has 2 aromatic rings. The Hall–Kier alpha value is -2.66. The van der Waals surface area contributed by atoms with Crippen molar-refractivity contribution in [3.8, 4) is 5.69 Å². The van der Waals surface area contributed by atoms with Gasteiger partial charge < -0.3 is 16.2 Å². The molecular weight excluding hydrogens is 427 g/mol. The quantitative estimate of drug-likeness (QED) is 0.647. The van der Waals surface area contributed by atoms with E-state index in [1.165, 1.54) is 6.42 Å². The molecule has 3 rings (SSSR count). The average molecular weight is 448 g/mol. The number of nitrogens with zero attached hydrogens (tertiary/aromatic N) is 3. The number of aliphatic carboxylic acids is 1. The normalized spacial score (nSPS) is 14.9. The zero-order valence-corrected chi connectivity index (χ0v) is 16.8. The molecule has 0 unspecified atom stereocenters. The number of rotatable bonds is 5. The van der Waals surface area contributed by atoms with E-state index in [-0.39, 0.29) is 11.4 Å². The van der Waals surface area contributed by atoms with Gasteiger partial charge in [-0.2, -0.15) is 13.2 Å². The fourth-order valence-corrected chi connectivity index (χ4v) is 2.97. The zero-order chi connectivity index (χ0) is 22.5. The Kier molecular flexibility index (Phi) is 7.43. The summed E-state index contributed by atoms with van der Waals surface area (Å²) in [6, 6.07) is 7.26. The summed E-state index contributed by atoms with van der Waals surface area (Å²) < 4.78 is 33.3. The Bertz CT molecular complexity index is 913. The molecule has 1 heterocycles. The lowest BCUT2D eigenvalue weighted by Gasteiger charge is -2.38. The fourth-order valence-electron chi connectivity index (χ4n) is 2.78. The first kappa shape index (κ1) is 23.6. The molecule has 1 aliphatic rings. The van der Waals surface area contributed by atoms with E-state index in [4.69, 9.17) is 27.2 Å². The third-order valence-electron chi connectivity index (χ3n) is 4.66. The number of carbonyl (C=O) groups is 2. The predicted octanol–water partition coefficient (Wildman–Crippen LogP) is 2.86. The predicted molar refractivity (Wildman–Crippen MR) is 103 cm³/mol. The first-order chi connectivity index (χ1) is 13.9. The van der Waals surface area contributed by atoms with E-state index < -0.39 is 12.1 Å². The summed E-state index contributed by atoms with van der Waals surface area (Å²) in [6.07, 6.45) is -1.04. The van der Waals surface area contributed by atoms with Crippen LogP contribution in [0.2, 0.25) is 5.02 Å². The highest BCUT2D eigenvalue weighted by molar-refractivity contribution is 6.30. The monoisotopic (exact) mass is 447 g/mol. The maximum absolute atomic E-state index is 12.3. The second kappa shape index (κ2) is 9.43. The van der Waals surface area contributed by atoms with Crippen molar-refractivity contribution in [2.45, 2.75) is 44.3 Å². The van der Waals surface area contributed by atoms with Gasteiger partial charge in [0.1, 0.15) is 0 Å². The van der Waals surface area contributed by atoms with E-state index in [2.05, 4.69) is 15.6 Å². The molecule has 1 aromatic carbocycles. The number of hydrogen-bond acceptors (Lipinski definition) is 5. The molecule has 8 nitrogen and oxygen atoms in total. The molecule has 12 heteroatoms. The number of aromatic nitrogens is 3. The van der Waals surface area contributed by atoms with Crippen molar-refractivity contribution >= 4 is 23.5 Å². The van der Waals surface area contributed by atoms with Crippen molar-refractivity contribution in [3.63, 3.8) is 0 Å². The molecule has 0 aliphatic heterocycles. The highest BCUT2D eigenvalue weighted by Crippen LogP contribution is 2.31. The summed E-state index contributed by atoms with van der Waals surface area (Å²) in [5.41, 5.74) is 7.83. The standard InChI is InChI=1S/C16H20ClN5O.C2HF3O2/c1-11-14(15(23)19-9-8-16(18)6-3-7-16)20-21-22(11)13-5-2-4-12(17)10-13;3-2(4,5)1(6)7/h2,4-5,10H,3,6-9,18H2,1H3,(H,19,23);(H,6,7). The first-order valence-electron chi connectivity index (χ1n) is 8.98. The summed E-state index contributed by atoms with van der Waals surface area (Å²) in [5.74, 6) is -2.98. The van der Waals surface area contributed by atoms with Crippen molar-refractivity contribution < 1.29 is 27.9 Å². The minimum absolute atomic E-state index is 0.0965. The van der Waals surface area contributed by atoms with E-state index >= 15 is 0 Å². The Morgan fingerprint density at radius 2 is 2.00 bits per heavy atom. The van der Waals surface area contributed by atoms with Gasteiger partial charge in [-0.3, -0.25) is 4.79 Å². The maximum Gasteiger partial charge on any atom is 0.490 e. The summed E-state index contributed by atoms with van der Waals surface area (Å²) in [7, 11) is 0. The van der Waals surface area contributed by atoms with Crippen LogP contribution in [0.4, 0.5) is 13.2 Å². The summed E-state index contributed by atoms with van der Waals surface area (Å²) in [6.45, 7) is 2.37. The van der Waals surface area contributed by atoms with Crippen LogP contribution in [0.3, 0.4) is 0 Å². The average Bonchev–Trinajstić information content (AvgIpc) is 3.01. The molecule has 0 spiro atoms. The van der Waals surface area contributed by atoms with Crippen molar-refractivity contribution in [2.75, 3.05) is 6.54 Å². The number of alkyl halides is 3. The first-order valence-corrected chi connectivity index (χ1v) is 9.36. The summed E-state index contributed by atoms with van der Waals surface area (Å²) in [4.78, 5) is 21.2. The molecule has 30 heavy (non-hydrogen) atoms. The zero-order valence-electron chi connectivity index (χ0n) is 16.0. The SMILES string of the molecule is Cc1c(C(=O)NCCC2(N)CCC2)nnn1-c1cccc(Cl)c1.O=C(O)C(F)(F)F. The van der Waals surface area contributed by atoms with Gasteiger partial charge in [0.05, 0.1) is 11.4 Å². The van der Waals surface area contributed by atoms with E-state index in [1.54, 1.807) is 16.8 Å². The number of halogens is 4. The third-order valence-corrected chi connectivity index (χ3v) is 4.90. The fraction of sp³-hybridized carbons (Fsp3) is 0.444. The largest absolute Gasteiger partial charge is 0.490 e. The van der Waals surface area contributed by atoms with Crippen LogP contribution in [0, 0.1) is 6.92 Å². The van der Waals surface area contributed by atoms with Crippen LogP contribution >= 0.6 is 11.6 Å². The lowest BCUT2D eigenvalue weighted by molar-refractivity contribution is -0.192. The van der Waals surface area contributed by atoms with Gasteiger partial charge in [-0.15, -0.1) is 5.10 Å². The molecule has 164 valence electrons. The number of hydrogen-bond donors (Lipinski definition) is 3. The second-order valence-electron chi connectivity index (χ2n) is 6.94. The Balaban J connectivity index is 0.000000396. The number of carboxylic acid groups (broad SMARTS) is 1. The van der Waals surface area contributed by atoms with Crippen LogP contribution < -0.4 is 11.1 Å². The molecule has 1 saturated carbocycles. The number of benzene rings is 1. The van der Waals surface area contributed by atoms with Crippen LogP contribution in [0.1, 0.15) is 41.9 Å². The molecule has 0 atom stereocenters. The number of nitrogens with one attached hydrogen (secondary N) is 1. The maximum atomic E-state index is 12.3. The van der Waals surface area contributed by atoms with Gasteiger partial charge >= 0.3 is 12.1 Å². The topological polar surface area (TPSA) is 123 Å². The van der Waals surface area contributed by atoms with Crippen LogP contribution in [-0.4, -0.2) is 50.2 Å². The van der Waals surface area contributed by atoms with Crippen molar-refractivity contribution in [3.05, 3.63) is 40.7 Å². The molecule has 0 radical (unpaired) electrons. The van der Waals surface area contributed by atoms with Gasteiger partial charge in [-0.05, 0) is 50.8 Å². The van der Waals surface area contributed by atoms with E-state index in [9.17, 15) is 18.0 Å². The summed E-state index contributed by atoms with van der Waals surface area (Å²) >= 11 is 5.99. The molecule has 1 amide bonds. The molecule has 1 aromatic heterocycles. The minimum Gasteiger partial charge on any atom is -0.475 e. The number of nitrogens with two attached hydrogens (primary N) is 1. The van der Waals surface area contributed by atoms with Crippen LogP contribution in [0.15, 0.2) is 24.3 Å². The van der Waals surface area contributed by atoms with Gasteiger partial charge in [-0.1, -0.05) is 22.9 Å². The summed E-state index contributed by atoms with van der Waals surface area (Å²) in [5, 5.41) is 18.7. The minimum atomic E-state index is -5.08. The van der Waals surface area contributed by atoms with Crippen LogP contribution in [0.5, 0.6) is 0 Å². The molecule has 1 aliphatic carbocycles. The highest BCUT2D eigenvalue weighted by Gasteiger charge is 2.38. The Morgan fingerprint density at radius 1 is 1.37 bits per heavy atom. The van der Waals surface area contributed by atoms with Gasteiger partial charge in [0.2, 0.25) is 0 Å². The lowest BCUT2D eigenvalue weighted by Crippen LogP contribution is -2.48. The van der Waals surface area contributed by atoms with Gasteiger partial charge in [0, 0.05) is 17.1 Å². The molecule has 1 fully saturated rings. The van der Waals surface area contributed by atoms with Crippen LogP contribution in [-0.2, 0) is 4.79 Å². The van der Waals surface area contributed by atoms with E-state index in [0.29, 0.717) is 23.0 Å². The smallest absolute Gasteiger partial charge is 0.475 e. The van der Waals surface area contributed by atoms with E-state index in [1.807, 2.05) is 19.1 Å². The second-order valence-corrected chi connectivity index (χ2v) is 7.38. The van der Waals surface area contributed by atoms with Crippen molar-refractivity contribution in [1.29, 1.82) is 0 Å². The van der Waals surface area contributed by atoms with Crippen molar-refractivity contribution in [1.82, 2.24) is 20.3 Å². The van der Waals surface area contributed by atoms with Gasteiger partial charge in [0.15, 0.2) is 5.69 Å². The van der Waals surface area contributed by atoms with Crippen molar-refractivity contribution in [2.24, 2.45) is 5.73 Å². The number of carboxylic acids is 1. The number of carbonyl (C=O) groups excluding carboxylic acids is 1.